The molecule has 2 saturated carbocycles. The van der Waals surface area contributed by atoms with E-state index >= 15 is 0 Å². The second-order valence-corrected chi connectivity index (χ2v) is 7.51. The number of hydrogen-bond donors (Lipinski definition) is 2. The molecular weight excluding hydrogens is 220 g/mol. The summed E-state index contributed by atoms with van der Waals surface area (Å²) >= 11 is 0. The first-order valence-corrected chi connectivity index (χ1v) is 8.00. The minimum Gasteiger partial charge on any atom is -0.329 e. The number of nitrogens with one attached hydrogen (secondary N) is 1. The number of nitrogens with two attached hydrogens (primary N) is 1. The Hall–Kier alpha value is -0.0800. The van der Waals surface area contributed by atoms with Crippen LogP contribution < -0.4 is 11.1 Å². The van der Waals surface area contributed by atoms with Crippen molar-refractivity contribution in [1.82, 2.24) is 5.32 Å². The van der Waals surface area contributed by atoms with Crippen LogP contribution in [0.15, 0.2) is 0 Å². The Balaban J connectivity index is 1.80. The van der Waals surface area contributed by atoms with Gasteiger partial charge in [-0.25, -0.2) is 0 Å². The molecule has 0 aliphatic heterocycles. The topological polar surface area (TPSA) is 38.0 Å². The van der Waals surface area contributed by atoms with E-state index in [1.165, 1.54) is 64.3 Å². The van der Waals surface area contributed by atoms with Crippen LogP contribution in [0.1, 0.15) is 71.6 Å². The fourth-order valence-corrected chi connectivity index (χ4v) is 3.51. The zero-order chi connectivity index (χ0) is 13.1. The van der Waals surface area contributed by atoms with Crippen molar-refractivity contribution >= 4 is 0 Å². The van der Waals surface area contributed by atoms with Crippen LogP contribution in [-0.2, 0) is 0 Å². The molecule has 0 aromatic rings. The molecule has 2 aliphatic rings. The summed E-state index contributed by atoms with van der Waals surface area (Å²) in [5, 5.41) is 3.84. The third-order valence-electron chi connectivity index (χ3n) is 5.46. The maximum absolute atomic E-state index is 6.10. The van der Waals surface area contributed by atoms with Crippen LogP contribution in [0.2, 0.25) is 0 Å². The third kappa shape index (κ3) is 3.71. The molecule has 2 heteroatoms. The minimum atomic E-state index is 0.248. The molecule has 0 spiro atoms. The Morgan fingerprint density at radius 1 is 1.06 bits per heavy atom. The van der Waals surface area contributed by atoms with Crippen molar-refractivity contribution in [3.63, 3.8) is 0 Å². The molecule has 0 bridgehead atoms. The lowest BCUT2D eigenvalue weighted by Gasteiger charge is -2.35. The van der Waals surface area contributed by atoms with Gasteiger partial charge in [-0.3, -0.25) is 0 Å². The predicted octanol–water partition coefficient (Wildman–Crippen LogP) is 3.45. The van der Waals surface area contributed by atoms with Gasteiger partial charge in [0.15, 0.2) is 0 Å². The van der Waals surface area contributed by atoms with E-state index in [4.69, 9.17) is 5.73 Å². The Bertz CT molecular complexity index is 258. The van der Waals surface area contributed by atoms with E-state index in [0.717, 1.165) is 12.5 Å². The van der Waals surface area contributed by atoms with Gasteiger partial charge in [-0.1, -0.05) is 39.5 Å². The molecule has 0 saturated heterocycles. The summed E-state index contributed by atoms with van der Waals surface area (Å²) in [5.41, 5.74) is 6.87. The normalized spacial score (nSPS) is 32.8. The highest BCUT2D eigenvalue weighted by atomic mass is 15.0. The molecule has 1 atom stereocenters. The molecule has 106 valence electrons. The average Bonchev–Trinajstić information content (AvgIpc) is 2.42. The molecule has 0 heterocycles. The molecule has 3 N–H and O–H groups in total. The minimum absolute atomic E-state index is 0.248. The van der Waals surface area contributed by atoms with Crippen LogP contribution in [0, 0.1) is 11.3 Å². The first kappa shape index (κ1) is 14.3. The first-order chi connectivity index (χ1) is 8.55. The van der Waals surface area contributed by atoms with Crippen LogP contribution in [0.25, 0.3) is 0 Å². The van der Waals surface area contributed by atoms with E-state index in [2.05, 4.69) is 19.2 Å². The van der Waals surface area contributed by atoms with Crippen molar-refractivity contribution < 1.29 is 0 Å². The fourth-order valence-electron chi connectivity index (χ4n) is 3.51. The molecule has 0 aromatic carbocycles. The van der Waals surface area contributed by atoms with E-state index in [0.29, 0.717) is 5.41 Å². The van der Waals surface area contributed by atoms with E-state index < -0.39 is 0 Å². The molecule has 2 rings (SSSR count). The van der Waals surface area contributed by atoms with Crippen molar-refractivity contribution in [1.29, 1.82) is 0 Å². The summed E-state index contributed by atoms with van der Waals surface area (Å²) in [7, 11) is 0. The third-order valence-corrected chi connectivity index (χ3v) is 5.46. The quantitative estimate of drug-likeness (QED) is 0.735. The van der Waals surface area contributed by atoms with Gasteiger partial charge >= 0.3 is 0 Å². The Kier molecular flexibility index (Phi) is 4.71. The van der Waals surface area contributed by atoms with Gasteiger partial charge in [0, 0.05) is 12.1 Å². The maximum Gasteiger partial charge on any atom is 0.0304 e. The van der Waals surface area contributed by atoms with Crippen LogP contribution in [0.3, 0.4) is 0 Å². The Morgan fingerprint density at radius 2 is 1.83 bits per heavy atom. The predicted molar refractivity (Wildman–Crippen MR) is 78.6 cm³/mol. The highest BCUT2D eigenvalue weighted by molar-refractivity contribution is 4.94. The van der Waals surface area contributed by atoms with E-state index in [1.54, 1.807) is 0 Å². The highest BCUT2D eigenvalue weighted by Gasteiger charge is 2.34. The average molecular weight is 252 g/mol. The van der Waals surface area contributed by atoms with E-state index in [-0.39, 0.29) is 5.54 Å². The number of hydrogen-bond acceptors (Lipinski definition) is 2. The summed E-state index contributed by atoms with van der Waals surface area (Å²) in [5.74, 6) is 1.01. The largest absolute Gasteiger partial charge is 0.329 e. The Labute approximate surface area is 113 Å². The van der Waals surface area contributed by atoms with Gasteiger partial charge in [0.25, 0.3) is 0 Å². The zero-order valence-electron chi connectivity index (χ0n) is 12.4. The van der Waals surface area contributed by atoms with Gasteiger partial charge in [0.2, 0.25) is 0 Å². The lowest BCUT2D eigenvalue weighted by Crippen LogP contribution is -2.51. The molecule has 1 unspecified atom stereocenters. The molecule has 2 fully saturated rings. The standard InChI is InChI=1S/C16H32N2/c1-15(2)8-4-9-16(13-17,11-10-15)18-12-7-14-5-3-6-14/h14,18H,3-13,17H2,1-2H3. The van der Waals surface area contributed by atoms with Gasteiger partial charge in [-0.05, 0) is 50.0 Å². The Morgan fingerprint density at radius 3 is 2.44 bits per heavy atom. The molecular formula is C16H32N2. The lowest BCUT2D eigenvalue weighted by atomic mass is 9.82. The van der Waals surface area contributed by atoms with Crippen molar-refractivity contribution in [2.24, 2.45) is 17.1 Å². The smallest absolute Gasteiger partial charge is 0.0304 e. The van der Waals surface area contributed by atoms with Crippen molar-refractivity contribution in [2.75, 3.05) is 13.1 Å². The summed E-state index contributed by atoms with van der Waals surface area (Å²) in [6.07, 6.45) is 12.3. The molecule has 0 aromatic heterocycles. The second-order valence-electron chi connectivity index (χ2n) is 7.51. The summed E-state index contributed by atoms with van der Waals surface area (Å²) in [4.78, 5) is 0. The van der Waals surface area contributed by atoms with Crippen LogP contribution in [-0.4, -0.2) is 18.6 Å². The molecule has 2 nitrogen and oxygen atoms in total. The highest BCUT2D eigenvalue weighted by Crippen LogP contribution is 2.38. The van der Waals surface area contributed by atoms with Gasteiger partial charge < -0.3 is 11.1 Å². The number of rotatable bonds is 5. The molecule has 0 radical (unpaired) electrons. The first-order valence-electron chi connectivity index (χ1n) is 8.00. The van der Waals surface area contributed by atoms with Gasteiger partial charge in [0.1, 0.15) is 0 Å². The van der Waals surface area contributed by atoms with Gasteiger partial charge in [-0.15, -0.1) is 0 Å². The monoisotopic (exact) mass is 252 g/mol. The molecule has 2 aliphatic carbocycles. The SMILES string of the molecule is CC1(C)CCCC(CN)(NCCC2CCC2)CC1. The zero-order valence-corrected chi connectivity index (χ0v) is 12.4. The van der Waals surface area contributed by atoms with Gasteiger partial charge in [-0.2, -0.15) is 0 Å². The molecule has 0 amide bonds. The summed E-state index contributed by atoms with van der Waals surface area (Å²) in [6.45, 7) is 6.82. The fraction of sp³-hybridized carbons (Fsp3) is 1.00. The van der Waals surface area contributed by atoms with Gasteiger partial charge in [0.05, 0.1) is 0 Å². The summed E-state index contributed by atoms with van der Waals surface area (Å²) in [6, 6.07) is 0. The van der Waals surface area contributed by atoms with Crippen LogP contribution >= 0.6 is 0 Å². The van der Waals surface area contributed by atoms with E-state index in [9.17, 15) is 0 Å². The van der Waals surface area contributed by atoms with Crippen molar-refractivity contribution in [3.8, 4) is 0 Å². The van der Waals surface area contributed by atoms with Crippen LogP contribution in [0.4, 0.5) is 0 Å². The van der Waals surface area contributed by atoms with Crippen molar-refractivity contribution in [3.05, 3.63) is 0 Å². The van der Waals surface area contributed by atoms with Crippen LogP contribution in [0.5, 0.6) is 0 Å². The lowest BCUT2D eigenvalue weighted by molar-refractivity contribution is 0.240. The second kappa shape index (κ2) is 5.92. The van der Waals surface area contributed by atoms with Crippen molar-refractivity contribution in [2.45, 2.75) is 77.2 Å². The maximum atomic E-state index is 6.10. The molecule has 18 heavy (non-hydrogen) atoms. The van der Waals surface area contributed by atoms with E-state index in [1.807, 2.05) is 0 Å². The summed E-state index contributed by atoms with van der Waals surface area (Å²) < 4.78 is 0.